The van der Waals surface area contributed by atoms with E-state index in [1.807, 2.05) is 48.5 Å². The van der Waals surface area contributed by atoms with Crippen molar-refractivity contribution < 1.29 is 9.47 Å². The van der Waals surface area contributed by atoms with E-state index in [-0.39, 0.29) is 0 Å². The van der Waals surface area contributed by atoms with E-state index < -0.39 is 5.79 Å². The van der Waals surface area contributed by atoms with Gasteiger partial charge in [-0.2, -0.15) is 0 Å². The number of nitrogens with zero attached hydrogens (tertiary/aromatic N) is 1. The average Bonchev–Trinajstić information content (AvgIpc) is 2.64. The number of aliphatic imine (C=N–C) groups is 1. The Morgan fingerprint density at radius 1 is 0.833 bits per heavy atom. The molecule has 0 saturated heterocycles. The number of rotatable bonds is 6. The minimum atomic E-state index is -0.738. The van der Waals surface area contributed by atoms with Gasteiger partial charge in [0.2, 0.25) is 5.79 Å². The van der Waals surface area contributed by atoms with Crippen LogP contribution in [0.2, 0.25) is 0 Å². The lowest BCUT2D eigenvalue weighted by molar-refractivity contribution is 0.415. The van der Waals surface area contributed by atoms with E-state index in [1.165, 1.54) is 0 Å². The highest BCUT2D eigenvalue weighted by molar-refractivity contribution is 5.80. The molecule has 0 aromatic heterocycles. The summed E-state index contributed by atoms with van der Waals surface area (Å²) < 4.78 is 10.4. The van der Waals surface area contributed by atoms with Crippen molar-refractivity contribution in [1.29, 1.82) is 0 Å². The zero-order valence-corrected chi connectivity index (χ0v) is 13.6. The van der Waals surface area contributed by atoms with Gasteiger partial charge in [-0.3, -0.25) is 4.99 Å². The highest BCUT2D eigenvalue weighted by atomic mass is 16.5. The number of nitrogens with one attached hydrogen (secondary N) is 3. The molecule has 2 aromatic carbocycles. The maximum absolute atomic E-state index is 5.19. The number of methoxy groups -OCH3 is 2. The van der Waals surface area contributed by atoms with Gasteiger partial charge in [0.25, 0.3) is 0 Å². The molecule has 1 heterocycles. The third kappa shape index (κ3) is 3.60. The summed E-state index contributed by atoms with van der Waals surface area (Å²) in [7, 11) is 3.30. The molecule has 124 valence electrons. The van der Waals surface area contributed by atoms with Crippen molar-refractivity contribution in [3.8, 4) is 11.5 Å². The van der Waals surface area contributed by atoms with Crippen molar-refractivity contribution >= 4 is 17.6 Å². The Balaban J connectivity index is 1.81. The first-order valence-corrected chi connectivity index (χ1v) is 7.54. The fourth-order valence-corrected chi connectivity index (χ4v) is 2.38. The predicted octanol–water partition coefficient (Wildman–Crippen LogP) is 3.03. The normalized spacial score (nSPS) is 14.6. The molecule has 0 saturated carbocycles. The molecule has 0 amide bonds. The van der Waals surface area contributed by atoms with Crippen LogP contribution < -0.4 is 25.4 Å². The predicted molar refractivity (Wildman–Crippen MR) is 96.7 cm³/mol. The van der Waals surface area contributed by atoms with Gasteiger partial charge in [-0.1, -0.05) is 0 Å². The summed E-state index contributed by atoms with van der Waals surface area (Å²) in [6.45, 7) is 0. The van der Waals surface area contributed by atoms with Gasteiger partial charge in [0.1, 0.15) is 11.5 Å². The first kappa shape index (κ1) is 15.7. The van der Waals surface area contributed by atoms with Crippen molar-refractivity contribution in [2.75, 3.05) is 24.9 Å². The summed E-state index contributed by atoms with van der Waals surface area (Å²) >= 11 is 0. The van der Waals surface area contributed by atoms with E-state index >= 15 is 0 Å². The van der Waals surface area contributed by atoms with Crippen molar-refractivity contribution in [3.63, 3.8) is 0 Å². The van der Waals surface area contributed by atoms with Gasteiger partial charge in [-0.05, 0) is 48.5 Å². The van der Waals surface area contributed by atoms with Crippen LogP contribution in [0, 0.1) is 0 Å². The molecule has 24 heavy (non-hydrogen) atoms. The largest absolute Gasteiger partial charge is 0.497 e. The number of benzene rings is 2. The van der Waals surface area contributed by atoms with Gasteiger partial charge in [-0.25, -0.2) is 0 Å². The molecule has 0 spiro atoms. The van der Waals surface area contributed by atoms with Crippen molar-refractivity contribution in [2.45, 2.75) is 5.79 Å². The topological polar surface area (TPSA) is 66.9 Å². The van der Waals surface area contributed by atoms with E-state index in [4.69, 9.17) is 9.47 Å². The molecule has 0 fully saturated rings. The first-order chi connectivity index (χ1) is 11.7. The van der Waals surface area contributed by atoms with Crippen LogP contribution in [0.3, 0.4) is 0 Å². The smallest absolute Gasteiger partial charge is 0.222 e. The Kier molecular flexibility index (Phi) is 4.56. The minimum Gasteiger partial charge on any atom is -0.497 e. The quantitative estimate of drug-likeness (QED) is 0.713. The number of ether oxygens (including phenoxy) is 2. The molecule has 1 aliphatic heterocycles. The molecule has 6 nitrogen and oxygen atoms in total. The van der Waals surface area contributed by atoms with Gasteiger partial charge >= 0.3 is 0 Å². The molecule has 2 aromatic rings. The number of hydrogen-bond acceptors (Lipinski definition) is 6. The summed E-state index contributed by atoms with van der Waals surface area (Å²) in [5, 5.41) is 10.1. The molecule has 6 heteroatoms. The maximum Gasteiger partial charge on any atom is 0.222 e. The Morgan fingerprint density at radius 2 is 1.33 bits per heavy atom. The maximum atomic E-state index is 5.19. The Hall–Kier alpha value is -3.15. The van der Waals surface area contributed by atoms with Crippen LogP contribution in [0.4, 0.5) is 11.4 Å². The van der Waals surface area contributed by atoms with E-state index in [9.17, 15) is 0 Å². The summed E-state index contributed by atoms with van der Waals surface area (Å²) in [5.41, 5.74) is 1.84. The van der Waals surface area contributed by atoms with E-state index in [1.54, 1.807) is 32.8 Å². The second kappa shape index (κ2) is 6.95. The zero-order valence-electron chi connectivity index (χ0n) is 13.6. The van der Waals surface area contributed by atoms with Crippen molar-refractivity contribution in [2.24, 2.45) is 4.99 Å². The van der Waals surface area contributed by atoms with Crippen LogP contribution in [0.5, 0.6) is 11.5 Å². The van der Waals surface area contributed by atoms with E-state index in [0.717, 1.165) is 22.9 Å². The summed E-state index contributed by atoms with van der Waals surface area (Å²) in [6.07, 6.45) is 5.26. The van der Waals surface area contributed by atoms with Gasteiger partial charge in [-0.15, -0.1) is 0 Å². The van der Waals surface area contributed by atoms with Crippen LogP contribution in [-0.4, -0.2) is 26.2 Å². The Morgan fingerprint density at radius 3 is 1.71 bits per heavy atom. The van der Waals surface area contributed by atoms with E-state index in [2.05, 4.69) is 20.9 Å². The highest BCUT2D eigenvalue weighted by Crippen LogP contribution is 2.22. The average molecular weight is 324 g/mol. The van der Waals surface area contributed by atoms with Gasteiger partial charge in [0.05, 0.1) is 20.4 Å². The fraction of sp³-hybridized carbons (Fsp3) is 0.167. The van der Waals surface area contributed by atoms with Crippen molar-refractivity contribution in [1.82, 2.24) is 5.32 Å². The third-order valence-electron chi connectivity index (χ3n) is 3.60. The van der Waals surface area contributed by atoms with Crippen LogP contribution in [-0.2, 0) is 0 Å². The Bertz CT molecular complexity index is 674. The lowest BCUT2D eigenvalue weighted by Crippen LogP contribution is -2.58. The molecule has 3 rings (SSSR count). The van der Waals surface area contributed by atoms with E-state index in [0.29, 0.717) is 0 Å². The Labute approximate surface area is 141 Å². The molecule has 0 unspecified atom stereocenters. The molecule has 3 N–H and O–H groups in total. The molecular formula is C18H20N4O2. The second-order valence-electron chi connectivity index (χ2n) is 5.25. The molecule has 0 aliphatic carbocycles. The van der Waals surface area contributed by atoms with Crippen LogP contribution in [0.15, 0.2) is 65.9 Å². The monoisotopic (exact) mass is 324 g/mol. The fourth-order valence-electron chi connectivity index (χ4n) is 2.38. The van der Waals surface area contributed by atoms with Crippen LogP contribution >= 0.6 is 0 Å². The molecule has 1 aliphatic rings. The van der Waals surface area contributed by atoms with Gasteiger partial charge in [0.15, 0.2) is 0 Å². The molecular weight excluding hydrogens is 304 g/mol. The number of anilines is 2. The van der Waals surface area contributed by atoms with Crippen LogP contribution in [0.1, 0.15) is 0 Å². The number of hydrogen-bond donors (Lipinski definition) is 3. The first-order valence-electron chi connectivity index (χ1n) is 7.54. The van der Waals surface area contributed by atoms with Gasteiger partial charge < -0.3 is 25.4 Å². The summed E-state index contributed by atoms with van der Waals surface area (Å²) in [5.74, 6) is 0.878. The SMILES string of the molecule is COc1ccc(NC2(Nc3ccc(OC)cc3)C=NC=CN2)cc1. The second-order valence-corrected chi connectivity index (χ2v) is 5.25. The highest BCUT2D eigenvalue weighted by Gasteiger charge is 2.28. The standard InChI is InChI=1S/C18H20N4O2/c1-23-16-7-3-14(4-8-16)21-18(13-19-11-12-20-18)22-15-5-9-17(24-2)10-6-15/h3-13,20-22H,1-2H3. The molecule has 0 bridgehead atoms. The third-order valence-corrected chi connectivity index (χ3v) is 3.60. The lowest BCUT2D eigenvalue weighted by Gasteiger charge is -2.35. The summed E-state index contributed by atoms with van der Waals surface area (Å²) in [4.78, 5) is 4.25. The minimum absolute atomic E-state index is 0.738. The molecule has 0 radical (unpaired) electrons. The van der Waals surface area contributed by atoms with Crippen LogP contribution in [0.25, 0.3) is 0 Å². The van der Waals surface area contributed by atoms with Gasteiger partial charge in [0, 0.05) is 23.8 Å². The zero-order chi connectivity index (χ0) is 16.8. The summed E-state index contributed by atoms with van der Waals surface area (Å²) in [6, 6.07) is 15.4. The lowest BCUT2D eigenvalue weighted by atomic mass is 10.2. The van der Waals surface area contributed by atoms with Crippen molar-refractivity contribution in [3.05, 3.63) is 60.9 Å². The molecule has 0 atom stereocenters.